The van der Waals surface area contributed by atoms with Gasteiger partial charge < -0.3 is 5.11 Å². The molecule has 1 aromatic heterocycles. The highest BCUT2D eigenvalue weighted by Crippen LogP contribution is 2.22. The fraction of sp³-hybridized carbons (Fsp3) is 0.188. The fourth-order valence-electron chi connectivity index (χ4n) is 2.20. The third kappa shape index (κ3) is 2.13. The lowest BCUT2D eigenvalue weighted by Crippen LogP contribution is -1.96. The topological polar surface area (TPSA) is 38.0 Å². The van der Waals surface area contributed by atoms with E-state index in [1.165, 1.54) is 5.56 Å². The Balaban J connectivity index is 2.13. The first-order chi connectivity index (χ1) is 9.15. The van der Waals surface area contributed by atoms with Crippen LogP contribution in [0.2, 0.25) is 0 Å². The highest BCUT2D eigenvalue weighted by atomic mass is 16.3. The first-order valence-electron chi connectivity index (χ1n) is 6.38. The summed E-state index contributed by atoms with van der Waals surface area (Å²) in [5.41, 5.74) is 4.24. The van der Waals surface area contributed by atoms with Crippen LogP contribution in [0.4, 0.5) is 0 Å². The largest absolute Gasteiger partial charge is 0.389 e. The van der Waals surface area contributed by atoms with Crippen LogP contribution >= 0.6 is 0 Å². The van der Waals surface area contributed by atoms with Gasteiger partial charge in [-0.25, -0.2) is 4.68 Å². The van der Waals surface area contributed by atoms with Crippen molar-refractivity contribution in [2.24, 2.45) is 0 Å². The monoisotopic (exact) mass is 252 g/mol. The normalized spacial score (nSPS) is 12.8. The predicted molar refractivity (Wildman–Crippen MR) is 76.4 cm³/mol. The second kappa shape index (κ2) is 4.52. The van der Waals surface area contributed by atoms with E-state index in [-0.39, 0.29) is 0 Å². The molecule has 0 aliphatic heterocycles. The average molecular weight is 252 g/mol. The molecule has 0 bridgehead atoms. The average Bonchev–Trinajstić information content (AvgIpc) is 2.82. The van der Waals surface area contributed by atoms with Crippen LogP contribution in [-0.2, 0) is 0 Å². The number of fused-ring (bicyclic) bond motifs is 1. The fourth-order valence-corrected chi connectivity index (χ4v) is 2.20. The van der Waals surface area contributed by atoms with Gasteiger partial charge in [-0.05, 0) is 43.7 Å². The van der Waals surface area contributed by atoms with E-state index < -0.39 is 6.10 Å². The van der Waals surface area contributed by atoms with Gasteiger partial charge in [0.15, 0.2) is 0 Å². The van der Waals surface area contributed by atoms with E-state index in [9.17, 15) is 5.11 Å². The van der Waals surface area contributed by atoms with Gasteiger partial charge in [-0.1, -0.05) is 23.8 Å². The zero-order valence-electron chi connectivity index (χ0n) is 11.0. The van der Waals surface area contributed by atoms with Gasteiger partial charge >= 0.3 is 0 Å². The minimum Gasteiger partial charge on any atom is -0.389 e. The number of aliphatic hydroxyl groups is 1. The molecule has 0 aliphatic rings. The van der Waals surface area contributed by atoms with Crippen LogP contribution in [0, 0.1) is 6.92 Å². The minimum absolute atomic E-state index is 0.452. The zero-order valence-corrected chi connectivity index (χ0v) is 11.0. The van der Waals surface area contributed by atoms with Crippen LogP contribution in [0.5, 0.6) is 0 Å². The molecule has 19 heavy (non-hydrogen) atoms. The van der Waals surface area contributed by atoms with Crippen molar-refractivity contribution < 1.29 is 5.11 Å². The molecule has 0 amide bonds. The molecule has 0 radical (unpaired) electrons. The van der Waals surface area contributed by atoms with E-state index >= 15 is 0 Å². The number of benzene rings is 2. The lowest BCUT2D eigenvalue weighted by molar-refractivity contribution is 0.199. The molecule has 3 rings (SSSR count). The third-order valence-corrected chi connectivity index (χ3v) is 3.35. The van der Waals surface area contributed by atoms with Crippen LogP contribution in [-0.4, -0.2) is 14.9 Å². The second-order valence-corrected chi connectivity index (χ2v) is 4.89. The van der Waals surface area contributed by atoms with Crippen LogP contribution in [0.3, 0.4) is 0 Å². The first kappa shape index (κ1) is 11.9. The molecule has 0 fully saturated rings. The Kier molecular flexibility index (Phi) is 2.84. The SMILES string of the molecule is Cc1ccc(-n2ncc3cc(C(C)O)ccc32)cc1. The summed E-state index contributed by atoms with van der Waals surface area (Å²) in [5, 5.41) is 15.1. The van der Waals surface area contributed by atoms with Crippen LogP contribution in [0.15, 0.2) is 48.7 Å². The smallest absolute Gasteiger partial charge is 0.0762 e. The van der Waals surface area contributed by atoms with E-state index in [1.54, 1.807) is 6.92 Å². The molecular formula is C16H16N2O. The van der Waals surface area contributed by atoms with Crippen molar-refractivity contribution in [1.82, 2.24) is 9.78 Å². The Labute approximate surface area is 112 Å². The Morgan fingerprint density at radius 2 is 1.84 bits per heavy atom. The van der Waals surface area contributed by atoms with Crippen molar-refractivity contribution in [2.45, 2.75) is 20.0 Å². The lowest BCUT2D eigenvalue weighted by atomic mass is 10.1. The van der Waals surface area contributed by atoms with Crippen molar-refractivity contribution in [3.63, 3.8) is 0 Å². The van der Waals surface area contributed by atoms with Gasteiger partial charge in [-0.3, -0.25) is 0 Å². The summed E-state index contributed by atoms with van der Waals surface area (Å²) in [5.74, 6) is 0. The minimum atomic E-state index is -0.452. The highest BCUT2D eigenvalue weighted by Gasteiger charge is 2.07. The summed E-state index contributed by atoms with van der Waals surface area (Å²) in [6.45, 7) is 3.84. The number of aromatic nitrogens is 2. The molecule has 2 aromatic carbocycles. The van der Waals surface area contributed by atoms with Crippen LogP contribution in [0.25, 0.3) is 16.6 Å². The second-order valence-electron chi connectivity index (χ2n) is 4.89. The summed E-state index contributed by atoms with van der Waals surface area (Å²) in [4.78, 5) is 0. The molecule has 96 valence electrons. The van der Waals surface area contributed by atoms with E-state index in [4.69, 9.17) is 0 Å². The maximum absolute atomic E-state index is 9.61. The molecule has 0 spiro atoms. The summed E-state index contributed by atoms with van der Waals surface area (Å²) < 4.78 is 1.92. The standard InChI is InChI=1S/C16H16N2O/c1-11-3-6-15(7-4-11)18-16-8-5-13(12(2)19)9-14(16)10-17-18/h3-10,12,19H,1-2H3. The van der Waals surface area contributed by atoms with E-state index in [0.717, 1.165) is 22.2 Å². The van der Waals surface area contributed by atoms with Gasteiger partial charge in [0.1, 0.15) is 0 Å². The molecular weight excluding hydrogens is 236 g/mol. The summed E-state index contributed by atoms with van der Waals surface area (Å²) in [6.07, 6.45) is 1.38. The number of hydrogen-bond donors (Lipinski definition) is 1. The van der Waals surface area contributed by atoms with Crippen molar-refractivity contribution in [2.75, 3.05) is 0 Å². The number of aryl methyl sites for hydroxylation is 1. The Morgan fingerprint density at radius 1 is 1.11 bits per heavy atom. The van der Waals surface area contributed by atoms with Crippen molar-refractivity contribution in [1.29, 1.82) is 0 Å². The van der Waals surface area contributed by atoms with Crippen molar-refractivity contribution >= 4 is 10.9 Å². The quantitative estimate of drug-likeness (QED) is 0.759. The maximum atomic E-state index is 9.61. The van der Waals surface area contributed by atoms with Gasteiger partial charge in [0, 0.05) is 5.39 Å². The van der Waals surface area contributed by atoms with Gasteiger partial charge in [-0.15, -0.1) is 0 Å². The lowest BCUT2D eigenvalue weighted by Gasteiger charge is -2.06. The van der Waals surface area contributed by atoms with Crippen molar-refractivity contribution in [3.8, 4) is 5.69 Å². The molecule has 1 unspecified atom stereocenters. The van der Waals surface area contributed by atoms with Gasteiger partial charge in [0.25, 0.3) is 0 Å². The van der Waals surface area contributed by atoms with E-state index in [2.05, 4.69) is 36.3 Å². The van der Waals surface area contributed by atoms with E-state index in [1.807, 2.05) is 29.1 Å². The van der Waals surface area contributed by atoms with Gasteiger partial charge in [0.05, 0.1) is 23.5 Å². The first-order valence-corrected chi connectivity index (χ1v) is 6.38. The Bertz CT molecular complexity index is 711. The Hall–Kier alpha value is -2.13. The zero-order chi connectivity index (χ0) is 13.4. The molecule has 3 aromatic rings. The van der Waals surface area contributed by atoms with Gasteiger partial charge in [0.2, 0.25) is 0 Å². The van der Waals surface area contributed by atoms with Crippen LogP contribution < -0.4 is 0 Å². The summed E-state index contributed by atoms with van der Waals surface area (Å²) in [6, 6.07) is 14.2. The number of hydrogen-bond acceptors (Lipinski definition) is 2. The summed E-state index contributed by atoms with van der Waals surface area (Å²) in [7, 11) is 0. The molecule has 0 saturated carbocycles. The molecule has 3 heteroatoms. The molecule has 1 atom stereocenters. The number of aliphatic hydroxyl groups excluding tert-OH is 1. The molecule has 3 nitrogen and oxygen atoms in total. The summed E-state index contributed by atoms with van der Waals surface area (Å²) >= 11 is 0. The van der Waals surface area contributed by atoms with Crippen LogP contribution in [0.1, 0.15) is 24.2 Å². The third-order valence-electron chi connectivity index (χ3n) is 3.35. The molecule has 1 heterocycles. The number of rotatable bonds is 2. The maximum Gasteiger partial charge on any atom is 0.0762 e. The predicted octanol–water partition coefficient (Wildman–Crippen LogP) is 3.39. The van der Waals surface area contributed by atoms with E-state index in [0.29, 0.717) is 0 Å². The van der Waals surface area contributed by atoms with Gasteiger partial charge in [-0.2, -0.15) is 5.10 Å². The molecule has 0 aliphatic carbocycles. The Morgan fingerprint density at radius 3 is 2.53 bits per heavy atom. The number of nitrogens with zero attached hydrogens (tertiary/aromatic N) is 2. The van der Waals surface area contributed by atoms with Crippen molar-refractivity contribution in [3.05, 3.63) is 59.8 Å². The highest BCUT2D eigenvalue weighted by molar-refractivity contribution is 5.81. The molecule has 1 N–H and O–H groups in total. The molecule has 0 saturated heterocycles.